The van der Waals surface area contributed by atoms with Crippen molar-refractivity contribution >= 4 is 17.7 Å². The summed E-state index contributed by atoms with van der Waals surface area (Å²) in [6, 6.07) is 5.46. The van der Waals surface area contributed by atoms with Gasteiger partial charge in [0.2, 0.25) is 0 Å². The molecule has 19 heavy (non-hydrogen) atoms. The van der Waals surface area contributed by atoms with E-state index in [4.69, 9.17) is 5.11 Å². The number of nitrogens with one attached hydrogen (secondary N) is 1. The van der Waals surface area contributed by atoms with Crippen molar-refractivity contribution in [3.05, 3.63) is 29.8 Å². The number of benzene rings is 1. The molecule has 1 rings (SSSR count). The van der Waals surface area contributed by atoms with Crippen molar-refractivity contribution in [2.45, 2.75) is 16.6 Å². The molecule has 1 aromatic rings. The number of carbonyl (C=O) groups excluding carboxylic acids is 1. The van der Waals surface area contributed by atoms with Gasteiger partial charge < -0.3 is 10.4 Å². The molecule has 0 unspecified atom stereocenters. The molecule has 1 aromatic carbocycles. The first-order chi connectivity index (χ1) is 8.85. The fourth-order valence-electron chi connectivity index (χ4n) is 1.21. The smallest absolute Gasteiger partial charge is 0.288 e. The van der Waals surface area contributed by atoms with Crippen LogP contribution in [-0.2, 0) is 0 Å². The molecule has 3 nitrogen and oxygen atoms in total. The summed E-state index contributed by atoms with van der Waals surface area (Å²) in [5.74, 6) is -7.05. The quantitative estimate of drug-likeness (QED) is 0.626. The predicted molar refractivity (Wildman–Crippen MR) is 62.7 cm³/mol. The highest BCUT2D eigenvalue weighted by Crippen LogP contribution is 2.28. The highest BCUT2D eigenvalue weighted by molar-refractivity contribution is 7.99. The summed E-state index contributed by atoms with van der Waals surface area (Å²) in [7, 11) is 0. The van der Waals surface area contributed by atoms with Gasteiger partial charge in [0.15, 0.2) is 0 Å². The van der Waals surface area contributed by atoms with Crippen LogP contribution in [-0.4, -0.2) is 35.8 Å². The van der Waals surface area contributed by atoms with Crippen molar-refractivity contribution in [3.63, 3.8) is 0 Å². The molecule has 1 amide bonds. The van der Waals surface area contributed by atoms with Crippen molar-refractivity contribution in [2.75, 3.05) is 13.2 Å². The number of aliphatic hydroxyl groups excluding tert-OH is 1. The van der Waals surface area contributed by atoms with Gasteiger partial charge in [0.05, 0.1) is 12.1 Å². The van der Waals surface area contributed by atoms with Crippen molar-refractivity contribution < 1.29 is 27.5 Å². The molecule has 0 aliphatic rings. The van der Waals surface area contributed by atoms with E-state index in [2.05, 4.69) is 0 Å². The number of aliphatic hydroxyl groups is 1. The average Bonchev–Trinajstić information content (AvgIpc) is 2.36. The Morgan fingerprint density at radius 2 is 2.00 bits per heavy atom. The summed E-state index contributed by atoms with van der Waals surface area (Å²) >= 11 is 0.161. The number of amides is 1. The van der Waals surface area contributed by atoms with Crippen LogP contribution in [0, 0.1) is 0 Å². The van der Waals surface area contributed by atoms with Crippen molar-refractivity contribution in [3.8, 4) is 0 Å². The molecular weight excluding hydrogens is 286 g/mol. The van der Waals surface area contributed by atoms with E-state index in [1.54, 1.807) is 0 Å². The highest BCUT2D eigenvalue weighted by Gasteiger charge is 2.28. The standard InChI is InChI=1S/C11H11F4NO2S/c12-10(13)19-8-4-2-1-3-7(8)9(18)16-5-11(14,15)6-17/h1-4,10,17H,5-6H2,(H,16,18). The zero-order valence-corrected chi connectivity index (χ0v) is 10.4. The molecule has 2 N–H and O–H groups in total. The number of hydrogen-bond acceptors (Lipinski definition) is 3. The van der Waals surface area contributed by atoms with Crippen molar-refractivity contribution in [2.24, 2.45) is 0 Å². The summed E-state index contributed by atoms with van der Waals surface area (Å²) in [6.45, 7) is -2.46. The van der Waals surface area contributed by atoms with E-state index in [1.807, 2.05) is 5.32 Å². The van der Waals surface area contributed by atoms with E-state index in [1.165, 1.54) is 24.3 Å². The molecule has 0 spiro atoms. The highest BCUT2D eigenvalue weighted by atomic mass is 32.2. The molecule has 0 bridgehead atoms. The van der Waals surface area contributed by atoms with E-state index >= 15 is 0 Å². The maximum Gasteiger partial charge on any atom is 0.288 e. The largest absolute Gasteiger partial charge is 0.390 e. The third-order valence-electron chi connectivity index (χ3n) is 2.09. The Labute approximate surface area is 111 Å². The van der Waals surface area contributed by atoms with E-state index in [0.717, 1.165) is 0 Å². The first-order valence-electron chi connectivity index (χ1n) is 5.16. The first kappa shape index (κ1) is 15.8. The number of hydrogen-bond donors (Lipinski definition) is 2. The van der Waals surface area contributed by atoms with E-state index < -0.39 is 30.7 Å². The summed E-state index contributed by atoms with van der Waals surface area (Å²) < 4.78 is 50.0. The summed E-state index contributed by atoms with van der Waals surface area (Å²) in [5, 5.41) is 10.2. The molecule has 0 atom stereocenters. The molecule has 106 valence electrons. The number of thioether (sulfide) groups is 1. The molecule has 0 saturated carbocycles. The van der Waals surface area contributed by atoms with Crippen molar-refractivity contribution in [1.82, 2.24) is 5.32 Å². The lowest BCUT2D eigenvalue weighted by molar-refractivity contribution is -0.0462. The number of rotatable bonds is 6. The van der Waals surface area contributed by atoms with Crippen LogP contribution in [0.2, 0.25) is 0 Å². The van der Waals surface area contributed by atoms with Gasteiger partial charge in [-0.05, 0) is 12.1 Å². The average molecular weight is 297 g/mol. The Morgan fingerprint density at radius 3 is 2.58 bits per heavy atom. The van der Waals surface area contributed by atoms with Crippen LogP contribution in [0.5, 0.6) is 0 Å². The molecule has 0 saturated heterocycles. The van der Waals surface area contributed by atoms with E-state index in [9.17, 15) is 22.4 Å². The summed E-state index contributed by atoms with van der Waals surface area (Å²) in [5.41, 5.74) is -0.110. The van der Waals surface area contributed by atoms with Gasteiger partial charge in [0.1, 0.15) is 6.61 Å². The fourth-order valence-corrected chi connectivity index (χ4v) is 1.85. The van der Waals surface area contributed by atoms with Gasteiger partial charge in [-0.3, -0.25) is 4.79 Å². The minimum absolute atomic E-state index is 0.00214. The van der Waals surface area contributed by atoms with E-state index in [0.29, 0.717) is 0 Å². The Morgan fingerprint density at radius 1 is 1.37 bits per heavy atom. The third-order valence-corrected chi connectivity index (χ3v) is 2.87. The second-order valence-corrected chi connectivity index (χ2v) is 4.60. The second kappa shape index (κ2) is 6.76. The number of alkyl halides is 4. The van der Waals surface area contributed by atoms with Crippen LogP contribution in [0.15, 0.2) is 29.2 Å². The molecule has 8 heteroatoms. The summed E-state index contributed by atoms with van der Waals surface area (Å²) in [4.78, 5) is 11.6. The zero-order chi connectivity index (χ0) is 14.5. The molecule has 0 aliphatic heterocycles. The number of halogens is 4. The Balaban J connectivity index is 2.77. The molecular formula is C11H11F4NO2S. The molecule has 0 aromatic heterocycles. The maximum absolute atomic E-state index is 12.7. The fraction of sp³-hybridized carbons (Fsp3) is 0.364. The first-order valence-corrected chi connectivity index (χ1v) is 6.04. The van der Waals surface area contributed by atoms with E-state index in [-0.39, 0.29) is 22.2 Å². The van der Waals surface area contributed by atoms with Gasteiger partial charge in [0.25, 0.3) is 17.6 Å². The van der Waals surface area contributed by atoms with Gasteiger partial charge in [-0.25, -0.2) is 8.78 Å². The van der Waals surface area contributed by atoms with Crippen LogP contribution >= 0.6 is 11.8 Å². The van der Waals surface area contributed by atoms with Gasteiger partial charge in [-0.15, -0.1) is 0 Å². The second-order valence-electron chi connectivity index (χ2n) is 3.57. The lowest BCUT2D eigenvalue weighted by Crippen LogP contribution is -2.39. The van der Waals surface area contributed by atoms with Gasteiger partial charge in [-0.1, -0.05) is 23.9 Å². The van der Waals surface area contributed by atoms with Crippen LogP contribution < -0.4 is 5.32 Å². The number of carbonyl (C=O) groups is 1. The molecule has 0 fully saturated rings. The molecule has 0 aliphatic carbocycles. The van der Waals surface area contributed by atoms with Gasteiger partial charge in [0, 0.05) is 4.90 Å². The minimum Gasteiger partial charge on any atom is -0.390 e. The topological polar surface area (TPSA) is 49.3 Å². The molecule has 0 radical (unpaired) electrons. The summed E-state index contributed by atoms with van der Waals surface area (Å²) in [6.07, 6.45) is 0. The Bertz CT molecular complexity index is 442. The minimum atomic E-state index is -3.44. The lowest BCUT2D eigenvalue weighted by Gasteiger charge is -2.15. The van der Waals surface area contributed by atoms with Gasteiger partial charge >= 0.3 is 0 Å². The lowest BCUT2D eigenvalue weighted by atomic mass is 10.2. The Kier molecular flexibility index (Phi) is 5.61. The maximum atomic E-state index is 12.7. The van der Waals surface area contributed by atoms with Crippen molar-refractivity contribution in [1.29, 1.82) is 0 Å². The molecule has 0 heterocycles. The monoisotopic (exact) mass is 297 g/mol. The van der Waals surface area contributed by atoms with Crippen LogP contribution in [0.25, 0.3) is 0 Å². The van der Waals surface area contributed by atoms with Crippen LogP contribution in [0.4, 0.5) is 17.6 Å². The SMILES string of the molecule is O=C(NCC(F)(F)CO)c1ccccc1SC(F)F. The predicted octanol–water partition coefficient (Wildman–Crippen LogP) is 2.36. The normalized spacial score (nSPS) is 11.7. The zero-order valence-electron chi connectivity index (χ0n) is 9.58. The Hall–Kier alpha value is -1.28. The van der Waals surface area contributed by atoms with Crippen LogP contribution in [0.1, 0.15) is 10.4 Å². The van der Waals surface area contributed by atoms with Gasteiger partial charge in [-0.2, -0.15) is 8.78 Å². The van der Waals surface area contributed by atoms with Crippen LogP contribution in [0.3, 0.4) is 0 Å². The third kappa shape index (κ3) is 5.07.